The van der Waals surface area contributed by atoms with E-state index in [4.69, 9.17) is 5.11 Å². The lowest BCUT2D eigenvalue weighted by Crippen LogP contribution is -2.40. The van der Waals surface area contributed by atoms with Gasteiger partial charge in [-0.15, -0.1) is 0 Å². The van der Waals surface area contributed by atoms with Crippen molar-refractivity contribution < 1.29 is 13.5 Å². The summed E-state index contributed by atoms with van der Waals surface area (Å²) in [6.45, 7) is 5.28. The van der Waals surface area contributed by atoms with E-state index >= 15 is 0 Å². The van der Waals surface area contributed by atoms with Crippen molar-refractivity contribution >= 4 is 10.0 Å². The predicted molar refractivity (Wildman–Crippen MR) is 72.9 cm³/mol. The van der Waals surface area contributed by atoms with Gasteiger partial charge >= 0.3 is 0 Å². The monoisotopic (exact) mass is 282 g/mol. The van der Waals surface area contributed by atoms with Gasteiger partial charge in [0.25, 0.3) is 0 Å². The van der Waals surface area contributed by atoms with Gasteiger partial charge in [0.15, 0.2) is 0 Å². The summed E-state index contributed by atoms with van der Waals surface area (Å²) < 4.78 is 26.7. The molecule has 0 atom stereocenters. The van der Waals surface area contributed by atoms with Crippen LogP contribution in [0, 0.1) is 11.8 Å². The van der Waals surface area contributed by atoms with Crippen LogP contribution in [0.15, 0.2) is 23.4 Å². The Morgan fingerprint density at radius 3 is 2.63 bits per heavy atom. The van der Waals surface area contributed by atoms with E-state index in [-0.39, 0.29) is 11.5 Å². The molecule has 0 bridgehead atoms. The first-order valence-electron chi connectivity index (χ1n) is 5.83. The van der Waals surface area contributed by atoms with Crippen molar-refractivity contribution in [3.8, 4) is 11.8 Å². The normalized spacial score (nSPS) is 11.8. The van der Waals surface area contributed by atoms with Gasteiger partial charge in [-0.1, -0.05) is 11.8 Å². The second-order valence-corrected chi connectivity index (χ2v) is 6.72. The predicted octanol–water partition coefficient (Wildman–Crippen LogP) is 0.892. The average molecular weight is 282 g/mol. The molecule has 0 aromatic carbocycles. The van der Waals surface area contributed by atoms with Crippen molar-refractivity contribution in [1.82, 2.24) is 9.71 Å². The van der Waals surface area contributed by atoms with Crippen LogP contribution >= 0.6 is 0 Å². The van der Waals surface area contributed by atoms with Crippen LogP contribution in [0.5, 0.6) is 0 Å². The molecule has 6 heteroatoms. The lowest BCUT2D eigenvalue weighted by Gasteiger charge is -2.20. The summed E-state index contributed by atoms with van der Waals surface area (Å²) in [4.78, 5) is 3.96. The van der Waals surface area contributed by atoms with E-state index in [0.717, 1.165) is 0 Å². The van der Waals surface area contributed by atoms with Gasteiger partial charge in [-0.05, 0) is 26.8 Å². The summed E-state index contributed by atoms with van der Waals surface area (Å²) in [6, 6.07) is 1.46. The van der Waals surface area contributed by atoms with E-state index in [2.05, 4.69) is 21.5 Å². The summed E-state index contributed by atoms with van der Waals surface area (Å²) >= 11 is 0. The smallest absolute Gasteiger partial charge is 0.242 e. The number of hydrogen-bond donors (Lipinski definition) is 2. The van der Waals surface area contributed by atoms with Gasteiger partial charge in [0.1, 0.15) is 4.90 Å². The van der Waals surface area contributed by atoms with Gasteiger partial charge in [0.2, 0.25) is 10.0 Å². The molecule has 5 nitrogen and oxygen atoms in total. The van der Waals surface area contributed by atoms with Crippen LogP contribution in [0.3, 0.4) is 0 Å². The molecule has 0 spiro atoms. The molecule has 0 saturated carbocycles. The fourth-order valence-corrected chi connectivity index (χ4v) is 2.72. The highest BCUT2D eigenvalue weighted by molar-refractivity contribution is 7.89. The van der Waals surface area contributed by atoms with Crippen molar-refractivity contribution in [3.63, 3.8) is 0 Å². The molecule has 1 heterocycles. The highest BCUT2D eigenvalue weighted by Crippen LogP contribution is 2.12. The van der Waals surface area contributed by atoms with E-state index in [1.165, 1.54) is 18.5 Å². The lowest BCUT2D eigenvalue weighted by atomic mass is 10.1. The molecule has 0 unspecified atom stereocenters. The molecule has 1 aromatic heterocycles. The number of aliphatic hydroxyl groups is 1. The molecule has 19 heavy (non-hydrogen) atoms. The third kappa shape index (κ3) is 5.39. The van der Waals surface area contributed by atoms with Crippen LogP contribution in [-0.4, -0.2) is 30.7 Å². The summed E-state index contributed by atoms with van der Waals surface area (Å²) in [6.07, 6.45) is 3.11. The maximum atomic E-state index is 12.1. The quantitative estimate of drug-likeness (QED) is 0.807. The fraction of sp³-hybridized carbons (Fsp3) is 0.462. The summed E-state index contributed by atoms with van der Waals surface area (Å²) in [5.74, 6) is 5.48. The number of hydrogen-bond acceptors (Lipinski definition) is 4. The largest absolute Gasteiger partial charge is 0.395 e. The molecule has 0 aliphatic rings. The number of nitrogens with one attached hydrogen (secondary N) is 1. The Bertz CT molecular complexity index is 592. The Morgan fingerprint density at radius 2 is 2.05 bits per heavy atom. The highest BCUT2D eigenvalue weighted by atomic mass is 32.2. The summed E-state index contributed by atoms with van der Waals surface area (Å²) in [5, 5.41) is 8.63. The molecular weight excluding hydrogens is 264 g/mol. The van der Waals surface area contributed by atoms with Crippen molar-refractivity contribution in [2.45, 2.75) is 37.6 Å². The van der Waals surface area contributed by atoms with Crippen LogP contribution in [0.1, 0.15) is 32.8 Å². The van der Waals surface area contributed by atoms with Gasteiger partial charge in [0.05, 0.1) is 6.61 Å². The molecule has 1 rings (SSSR count). The number of nitrogens with zero attached hydrogens (tertiary/aromatic N) is 1. The van der Waals surface area contributed by atoms with E-state index in [9.17, 15) is 8.42 Å². The molecule has 104 valence electrons. The first kappa shape index (κ1) is 15.6. The van der Waals surface area contributed by atoms with E-state index in [1.807, 2.05) is 0 Å². The Hall–Kier alpha value is -1.42. The third-order valence-corrected chi connectivity index (χ3v) is 3.66. The number of aliphatic hydroxyl groups excluding tert-OH is 1. The second kappa shape index (κ2) is 6.15. The lowest BCUT2D eigenvalue weighted by molar-refractivity contribution is 0.305. The third-order valence-electron chi connectivity index (χ3n) is 1.93. The molecular formula is C13H18N2O3S. The number of rotatable bonds is 3. The Balaban J connectivity index is 3.03. The SMILES string of the molecule is CC(C)(C)NS(=O)(=O)c1cncc(C#CCCO)c1. The minimum Gasteiger partial charge on any atom is -0.395 e. The Kier molecular flexibility index (Phi) is 5.06. The first-order chi connectivity index (χ1) is 8.74. The number of aromatic nitrogens is 1. The van der Waals surface area contributed by atoms with E-state index < -0.39 is 15.6 Å². The molecule has 0 amide bonds. The van der Waals surface area contributed by atoms with Gasteiger partial charge in [-0.2, -0.15) is 0 Å². The Labute approximate surface area is 114 Å². The van der Waals surface area contributed by atoms with Crippen LogP contribution in [0.25, 0.3) is 0 Å². The van der Waals surface area contributed by atoms with Crippen LogP contribution in [-0.2, 0) is 10.0 Å². The standard InChI is InChI=1S/C13H18N2O3S/c1-13(2,3)15-19(17,18)12-8-11(9-14-10-12)6-4-5-7-16/h8-10,15-16H,5,7H2,1-3H3. The zero-order valence-corrected chi connectivity index (χ0v) is 12.1. The highest BCUT2D eigenvalue weighted by Gasteiger charge is 2.22. The topological polar surface area (TPSA) is 79.3 Å². The average Bonchev–Trinajstić information content (AvgIpc) is 2.27. The molecule has 0 saturated heterocycles. The molecule has 1 aromatic rings. The van der Waals surface area contributed by atoms with E-state index in [0.29, 0.717) is 12.0 Å². The second-order valence-electron chi connectivity index (χ2n) is 5.04. The van der Waals surface area contributed by atoms with Gasteiger partial charge < -0.3 is 5.11 Å². The number of pyridine rings is 1. The van der Waals surface area contributed by atoms with Gasteiger partial charge in [-0.25, -0.2) is 13.1 Å². The zero-order valence-electron chi connectivity index (χ0n) is 11.3. The maximum absolute atomic E-state index is 12.1. The summed E-state index contributed by atoms with van der Waals surface area (Å²) in [7, 11) is -3.60. The van der Waals surface area contributed by atoms with Gasteiger partial charge in [-0.3, -0.25) is 4.98 Å². The van der Waals surface area contributed by atoms with Gasteiger partial charge in [0, 0.05) is 29.9 Å². The minimum absolute atomic E-state index is 0.0238. The fourth-order valence-electron chi connectivity index (χ4n) is 1.32. The maximum Gasteiger partial charge on any atom is 0.242 e. The molecule has 0 fully saturated rings. The zero-order chi connectivity index (χ0) is 14.5. The van der Waals surface area contributed by atoms with Crippen LogP contribution in [0.2, 0.25) is 0 Å². The van der Waals surface area contributed by atoms with Crippen LogP contribution in [0.4, 0.5) is 0 Å². The molecule has 0 radical (unpaired) electrons. The van der Waals surface area contributed by atoms with Crippen molar-refractivity contribution in [2.75, 3.05) is 6.61 Å². The van der Waals surface area contributed by atoms with E-state index in [1.54, 1.807) is 20.8 Å². The minimum atomic E-state index is -3.60. The first-order valence-corrected chi connectivity index (χ1v) is 7.32. The summed E-state index contributed by atoms with van der Waals surface area (Å²) in [5.41, 5.74) is -0.0533. The molecule has 0 aliphatic heterocycles. The molecule has 2 N–H and O–H groups in total. The van der Waals surface area contributed by atoms with Crippen LogP contribution < -0.4 is 4.72 Å². The van der Waals surface area contributed by atoms with Crippen molar-refractivity contribution in [1.29, 1.82) is 0 Å². The molecule has 0 aliphatic carbocycles. The van der Waals surface area contributed by atoms with Crippen molar-refractivity contribution in [2.24, 2.45) is 0 Å². The number of sulfonamides is 1. The Morgan fingerprint density at radius 1 is 1.37 bits per heavy atom. The van der Waals surface area contributed by atoms with Crippen molar-refractivity contribution in [3.05, 3.63) is 24.0 Å².